The molecule has 0 fully saturated rings. The maximum absolute atomic E-state index is 12.2. The maximum atomic E-state index is 12.2. The third-order valence-corrected chi connectivity index (χ3v) is 4.38. The molecule has 2 aromatic rings. The number of nitrogens with one attached hydrogen (secondary N) is 2. The smallest absolute Gasteiger partial charge is 0.313 e. The fourth-order valence-corrected chi connectivity index (χ4v) is 2.82. The van der Waals surface area contributed by atoms with Crippen LogP contribution in [-0.4, -0.2) is 44.1 Å². The summed E-state index contributed by atoms with van der Waals surface area (Å²) >= 11 is 0. The molecule has 0 unspecified atom stereocenters. The van der Waals surface area contributed by atoms with E-state index in [9.17, 15) is 9.59 Å². The molecule has 1 atom stereocenters. The topological polar surface area (TPSA) is 79.9 Å². The molecule has 2 aromatic carbocycles. The van der Waals surface area contributed by atoms with E-state index >= 15 is 0 Å². The second-order valence-corrected chi connectivity index (χ2v) is 6.62. The van der Waals surface area contributed by atoms with E-state index in [1.54, 1.807) is 18.2 Å². The molecular formula is C20H23N3O4. The molecule has 7 nitrogen and oxygen atoms in total. The van der Waals surface area contributed by atoms with Crippen LogP contribution in [0.3, 0.4) is 0 Å². The van der Waals surface area contributed by atoms with Crippen LogP contribution in [0, 0.1) is 6.92 Å². The number of ether oxygens (including phenoxy) is 2. The predicted molar refractivity (Wildman–Crippen MR) is 102 cm³/mol. The summed E-state index contributed by atoms with van der Waals surface area (Å²) < 4.78 is 10.5. The van der Waals surface area contributed by atoms with Gasteiger partial charge in [-0.05, 0) is 38.7 Å². The predicted octanol–water partition coefficient (Wildman–Crippen LogP) is 2.08. The Bertz CT molecular complexity index is 834. The average molecular weight is 369 g/mol. The first-order valence-electron chi connectivity index (χ1n) is 8.66. The highest BCUT2D eigenvalue weighted by molar-refractivity contribution is 6.39. The lowest BCUT2D eigenvalue weighted by atomic mass is 10.0. The maximum Gasteiger partial charge on any atom is 0.313 e. The Morgan fingerprint density at radius 2 is 1.74 bits per heavy atom. The molecule has 1 aliphatic heterocycles. The van der Waals surface area contributed by atoms with Crippen molar-refractivity contribution in [3.05, 3.63) is 53.6 Å². The largest absolute Gasteiger partial charge is 0.454 e. The molecule has 7 heteroatoms. The van der Waals surface area contributed by atoms with E-state index in [1.165, 1.54) is 5.56 Å². The van der Waals surface area contributed by atoms with Crippen molar-refractivity contribution >= 4 is 17.5 Å². The molecule has 27 heavy (non-hydrogen) atoms. The van der Waals surface area contributed by atoms with Crippen molar-refractivity contribution in [3.8, 4) is 11.5 Å². The van der Waals surface area contributed by atoms with Gasteiger partial charge in [0.2, 0.25) is 6.79 Å². The minimum Gasteiger partial charge on any atom is -0.454 e. The van der Waals surface area contributed by atoms with Crippen molar-refractivity contribution in [1.82, 2.24) is 10.2 Å². The van der Waals surface area contributed by atoms with E-state index in [-0.39, 0.29) is 12.8 Å². The number of likely N-dealkylation sites (N-methyl/N-ethyl adjacent to an activating group) is 1. The molecule has 142 valence electrons. The van der Waals surface area contributed by atoms with Gasteiger partial charge in [-0.1, -0.05) is 29.8 Å². The Balaban J connectivity index is 1.58. The van der Waals surface area contributed by atoms with Crippen molar-refractivity contribution < 1.29 is 19.1 Å². The monoisotopic (exact) mass is 369 g/mol. The molecule has 0 radical (unpaired) electrons. The molecular weight excluding hydrogens is 346 g/mol. The van der Waals surface area contributed by atoms with Crippen molar-refractivity contribution in [2.75, 3.05) is 32.7 Å². The van der Waals surface area contributed by atoms with Crippen molar-refractivity contribution in [3.63, 3.8) is 0 Å². The van der Waals surface area contributed by atoms with E-state index < -0.39 is 11.8 Å². The van der Waals surface area contributed by atoms with Gasteiger partial charge in [-0.15, -0.1) is 0 Å². The zero-order chi connectivity index (χ0) is 19.4. The molecule has 2 amide bonds. The van der Waals surface area contributed by atoms with Crippen LogP contribution < -0.4 is 20.1 Å². The van der Waals surface area contributed by atoms with Gasteiger partial charge in [0.1, 0.15) is 0 Å². The summed E-state index contributed by atoms with van der Waals surface area (Å²) in [6.07, 6.45) is 0. The first-order valence-corrected chi connectivity index (χ1v) is 8.66. The number of fused-ring (bicyclic) bond motifs is 1. The Hall–Kier alpha value is -3.06. The van der Waals surface area contributed by atoms with Crippen LogP contribution in [0.25, 0.3) is 0 Å². The second-order valence-electron chi connectivity index (χ2n) is 6.62. The summed E-state index contributed by atoms with van der Waals surface area (Å²) in [5, 5.41) is 5.27. The third-order valence-electron chi connectivity index (χ3n) is 4.38. The fraction of sp³-hybridized carbons (Fsp3) is 0.300. The zero-order valence-corrected chi connectivity index (χ0v) is 15.6. The molecule has 3 rings (SSSR count). The number of amides is 2. The first kappa shape index (κ1) is 18.7. The van der Waals surface area contributed by atoms with Gasteiger partial charge in [-0.2, -0.15) is 0 Å². The van der Waals surface area contributed by atoms with Crippen LogP contribution in [-0.2, 0) is 9.59 Å². The molecule has 0 saturated heterocycles. The summed E-state index contributed by atoms with van der Waals surface area (Å²) in [5.74, 6) is -0.258. The number of hydrogen-bond donors (Lipinski definition) is 2. The van der Waals surface area contributed by atoms with E-state index in [1.807, 2.05) is 50.2 Å². The summed E-state index contributed by atoms with van der Waals surface area (Å²) in [7, 11) is 3.87. The number of carbonyl (C=O) groups is 2. The second kappa shape index (κ2) is 8.09. The summed E-state index contributed by atoms with van der Waals surface area (Å²) in [5.41, 5.74) is 2.72. The van der Waals surface area contributed by atoms with Crippen molar-refractivity contribution in [2.24, 2.45) is 0 Å². The number of hydrogen-bond acceptors (Lipinski definition) is 5. The molecule has 2 N–H and O–H groups in total. The molecule has 0 aliphatic carbocycles. The molecule has 0 aromatic heterocycles. The van der Waals surface area contributed by atoms with Crippen molar-refractivity contribution in [1.29, 1.82) is 0 Å². The van der Waals surface area contributed by atoms with Gasteiger partial charge < -0.3 is 25.0 Å². The zero-order valence-electron chi connectivity index (χ0n) is 15.6. The summed E-state index contributed by atoms with van der Waals surface area (Å²) in [6, 6.07) is 13.1. The van der Waals surface area contributed by atoms with E-state index in [2.05, 4.69) is 10.6 Å². The molecule has 1 heterocycles. The Kier molecular flexibility index (Phi) is 5.61. The van der Waals surface area contributed by atoms with Crippen molar-refractivity contribution in [2.45, 2.75) is 13.0 Å². The van der Waals surface area contributed by atoms with E-state index in [4.69, 9.17) is 9.47 Å². The van der Waals surface area contributed by atoms with Crippen LogP contribution in [0.1, 0.15) is 17.2 Å². The molecule has 0 saturated carbocycles. The van der Waals surface area contributed by atoms with Gasteiger partial charge in [-0.3, -0.25) is 9.59 Å². The van der Waals surface area contributed by atoms with Crippen LogP contribution in [0.4, 0.5) is 5.69 Å². The Labute approximate surface area is 158 Å². The van der Waals surface area contributed by atoms with Crippen LogP contribution in [0.5, 0.6) is 11.5 Å². The minimum absolute atomic E-state index is 0.0344. The molecule has 0 bridgehead atoms. The highest BCUT2D eigenvalue weighted by atomic mass is 16.7. The van der Waals surface area contributed by atoms with Gasteiger partial charge in [0.25, 0.3) is 0 Å². The number of rotatable bonds is 5. The minimum atomic E-state index is -0.727. The van der Waals surface area contributed by atoms with Gasteiger partial charge in [0, 0.05) is 18.3 Å². The van der Waals surface area contributed by atoms with E-state index in [0.717, 1.165) is 5.56 Å². The number of benzene rings is 2. The molecule has 1 aliphatic rings. The van der Waals surface area contributed by atoms with Crippen LogP contribution in [0.2, 0.25) is 0 Å². The normalized spacial score (nSPS) is 13.3. The third kappa shape index (κ3) is 4.57. The van der Waals surface area contributed by atoms with Gasteiger partial charge in [0.15, 0.2) is 11.5 Å². The Morgan fingerprint density at radius 1 is 1.04 bits per heavy atom. The highest BCUT2D eigenvalue weighted by Gasteiger charge is 2.20. The SMILES string of the molecule is Cc1ccc([C@H](CNC(=O)C(=O)Nc2ccc3c(c2)OCO3)N(C)C)cc1. The highest BCUT2D eigenvalue weighted by Crippen LogP contribution is 2.34. The standard InChI is InChI=1S/C20H23N3O4/c1-13-4-6-14(7-5-13)16(23(2)3)11-21-19(24)20(25)22-15-8-9-17-18(10-15)27-12-26-17/h4-10,16H,11-12H2,1-3H3,(H,21,24)(H,22,25)/t16-/m0/s1. The number of anilines is 1. The quantitative estimate of drug-likeness (QED) is 0.789. The number of nitrogens with zero attached hydrogens (tertiary/aromatic N) is 1. The fourth-order valence-electron chi connectivity index (χ4n) is 2.82. The van der Waals surface area contributed by atoms with Crippen LogP contribution >= 0.6 is 0 Å². The average Bonchev–Trinajstić information content (AvgIpc) is 3.10. The Morgan fingerprint density at radius 3 is 2.44 bits per heavy atom. The van der Waals surface area contributed by atoms with Crippen LogP contribution in [0.15, 0.2) is 42.5 Å². The van der Waals surface area contributed by atoms with Gasteiger partial charge in [-0.25, -0.2) is 0 Å². The lowest BCUT2D eigenvalue weighted by Gasteiger charge is -2.25. The van der Waals surface area contributed by atoms with E-state index in [0.29, 0.717) is 23.7 Å². The van der Waals surface area contributed by atoms with Gasteiger partial charge in [0.05, 0.1) is 6.04 Å². The number of carbonyl (C=O) groups excluding carboxylic acids is 2. The lowest BCUT2D eigenvalue weighted by molar-refractivity contribution is -0.136. The molecule has 0 spiro atoms. The first-order chi connectivity index (χ1) is 12.9. The summed E-state index contributed by atoms with van der Waals surface area (Å²) in [6.45, 7) is 2.50. The lowest BCUT2D eigenvalue weighted by Crippen LogP contribution is -2.40. The number of aryl methyl sites for hydroxylation is 1. The summed E-state index contributed by atoms with van der Waals surface area (Å²) in [4.78, 5) is 26.4. The van der Waals surface area contributed by atoms with Gasteiger partial charge >= 0.3 is 11.8 Å².